The molecule has 106 valence electrons. The summed E-state index contributed by atoms with van der Waals surface area (Å²) in [7, 11) is 1.29. The van der Waals surface area contributed by atoms with Crippen molar-refractivity contribution in [2.75, 3.05) is 7.11 Å². The van der Waals surface area contributed by atoms with E-state index in [-0.39, 0.29) is 11.4 Å². The first-order chi connectivity index (χ1) is 10.2. The third-order valence-corrected chi connectivity index (χ3v) is 2.77. The smallest absolute Gasteiger partial charge is 0.340 e. The Balaban J connectivity index is 2.38. The summed E-state index contributed by atoms with van der Waals surface area (Å²) >= 11 is 0. The zero-order chi connectivity index (χ0) is 15.2. The van der Waals surface area contributed by atoms with Crippen LogP contribution in [0.15, 0.2) is 52.6 Å². The van der Waals surface area contributed by atoms with Crippen LogP contribution in [0.2, 0.25) is 0 Å². The molecular weight excluding hydrogens is 272 g/mol. The van der Waals surface area contributed by atoms with Crippen LogP contribution >= 0.6 is 0 Å². The van der Waals surface area contributed by atoms with Crippen molar-refractivity contribution in [3.8, 4) is 5.75 Å². The fourth-order valence-electron chi connectivity index (χ4n) is 1.71. The van der Waals surface area contributed by atoms with Crippen molar-refractivity contribution in [2.24, 2.45) is 10.2 Å². The predicted octanol–water partition coefficient (Wildman–Crippen LogP) is 3.33. The average molecular weight is 284 g/mol. The molecule has 0 aliphatic carbocycles. The molecule has 0 aliphatic heterocycles. The summed E-state index contributed by atoms with van der Waals surface area (Å²) in [6.45, 7) is 0. The lowest BCUT2D eigenvalue weighted by atomic mass is 10.1. The van der Waals surface area contributed by atoms with Crippen LogP contribution in [0.3, 0.4) is 0 Å². The topological polar surface area (TPSA) is 88.3 Å². The fourth-order valence-corrected chi connectivity index (χ4v) is 1.71. The van der Waals surface area contributed by atoms with Crippen molar-refractivity contribution in [2.45, 2.75) is 0 Å². The van der Waals surface area contributed by atoms with Gasteiger partial charge in [-0.1, -0.05) is 12.1 Å². The molecule has 6 heteroatoms. The first-order valence-electron chi connectivity index (χ1n) is 6.03. The van der Waals surface area contributed by atoms with Crippen molar-refractivity contribution in [3.63, 3.8) is 0 Å². The second-order valence-corrected chi connectivity index (χ2v) is 4.10. The zero-order valence-corrected chi connectivity index (χ0v) is 11.2. The minimum absolute atomic E-state index is 0.0401. The number of phenols is 1. The highest BCUT2D eigenvalue weighted by Crippen LogP contribution is 2.24. The highest BCUT2D eigenvalue weighted by atomic mass is 16.5. The van der Waals surface area contributed by atoms with Gasteiger partial charge in [0.2, 0.25) is 0 Å². The van der Waals surface area contributed by atoms with E-state index in [2.05, 4.69) is 14.9 Å². The van der Waals surface area contributed by atoms with Crippen LogP contribution in [0.25, 0.3) is 0 Å². The van der Waals surface area contributed by atoms with Crippen LogP contribution in [-0.4, -0.2) is 24.4 Å². The Hall–Kier alpha value is -3.02. The number of methoxy groups -OCH3 is 1. The monoisotopic (exact) mass is 284 g/mol. The molecule has 2 aromatic rings. The minimum Gasteiger partial charge on any atom is -0.507 e. The quantitative estimate of drug-likeness (QED) is 0.530. The maximum absolute atomic E-state index is 11.6. The van der Waals surface area contributed by atoms with Crippen LogP contribution in [0.5, 0.6) is 5.75 Å². The number of esters is 1. The zero-order valence-electron chi connectivity index (χ0n) is 11.2. The predicted molar refractivity (Wildman–Crippen MR) is 78.6 cm³/mol. The molecule has 0 radical (unpaired) electrons. The Labute approximate surface area is 120 Å². The molecule has 1 N–H and O–H groups in total. The Bertz CT molecular complexity index is 711. The molecule has 21 heavy (non-hydrogen) atoms. The molecule has 0 heterocycles. The van der Waals surface area contributed by atoms with E-state index in [1.807, 2.05) is 0 Å². The lowest BCUT2D eigenvalue weighted by molar-refractivity contribution is 0.0601. The normalized spacial score (nSPS) is 10.5. The van der Waals surface area contributed by atoms with Gasteiger partial charge >= 0.3 is 5.97 Å². The van der Waals surface area contributed by atoms with Crippen LogP contribution in [0.1, 0.15) is 15.9 Å². The number of hydrogen-bond acceptors (Lipinski definition) is 6. The van der Waals surface area contributed by atoms with Crippen molar-refractivity contribution in [3.05, 3.63) is 58.5 Å². The number of benzene rings is 2. The van der Waals surface area contributed by atoms with Gasteiger partial charge in [-0.3, -0.25) is 4.99 Å². The molecule has 0 saturated carbocycles. The summed E-state index contributed by atoms with van der Waals surface area (Å²) in [5.41, 5.74) is 1.20. The highest BCUT2D eigenvalue weighted by molar-refractivity contribution is 5.96. The molecule has 0 aromatic heterocycles. The number of phenolic OH excluding ortho intramolecular Hbond substituents is 1. The largest absolute Gasteiger partial charge is 0.507 e. The lowest BCUT2D eigenvalue weighted by Gasteiger charge is -2.03. The van der Waals surface area contributed by atoms with Crippen molar-refractivity contribution in [1.82, 2.24) is 0 Å². The lowest BCUT2D eigenvalue weighted by Crippen LogP contribution is -2.01. The van der Waals surface area contributed by atoms with Gasteiger partial charge in [0, 0.05) is 11.8 Å². The summed E-state index contributed by atoms with van der Waals surface area (Å²) in [5, 5.41) is 12.5. The molecule has 0 spiro atoms. The second kappa shape index (κ2) is 6.42. The van der Waals surface area contributed by atoms with E-state index in [4.69, 9.17) is 0 Å². The van der Waals surface area contributed by atoms with Gasteiger partial charge in [0.25, 0.3) is 0 Å². The second-order valence-electron chi connectivity index (χ2n) is 4.10. The summed E-state index contributed by atoms with van der Waals surface area (Å²) in [4.78, 5) is 26.3. The van der Waals surface area contributed by atoms with E-state index < -0.39 is 5.97 Å². The number of carbonyl (C=O) groups is 1. The van der Waals surface area contributed by atoms with Gasteiger partial charge in [0.1, 0.15) is 11.4 Å². The van der Waals surface area contributed by atoms with Gasteiger partial charge in [-0.25, -0.2) is 4.79 Å². The fraction of sp³-hybridized carbons (Fsp3) is 0.0667. The molecule has 2 rings (SSSR count). The SMILES string of the molecule is COC(=O)c1ccccc1N=Cc1cc(N=O)ccc1O. The molecule has 0 fully saturated rings. The van der Waals surface area contributed by atoms with E-state index >= 15 is 0 Å². The number of nitroso groups, excluding NO2 is 1. The number of hydrogen-bond donors (Lipinski definition) is 1. The number of ether oxygens (including phenoxy) is 1. The summed E-state index contributed by atoms with van der Waals surface area (Å²) in [6, 6.07) is 10.8. The summed E-state index contributed by atoms with van der Waals surface area (Å²) in [5.74, 6) is -0.544. The van der Waals surface area contributed by atoms with Crippen molar-refractivity contribution in [1.29, 1.82) is 0 Å². The maximum Gasteiger partial charge on any atom is 0.340 e. The van der Waals surface area contributed by atoms with Crippen molar-refractivity contribution >= 4 is 23.6 Å². The van der Waals surface area contributed by atoms with Crippen LogP contribution in [0.4, 0.5) is 11.4 Å². The molecule has 0 atom stereocenters. The third-order valence-electron chi connectivity index (χ3n) is 2.77. The number of rotatable bonds is 4. The van der Waals surface area contributed by atoms with Crippen molar-refractivity contribution < 1.29 is 14.6 Å². The van der Waals surface area contributed by atoms with Gasteiger partial charge in [-0.2, -0.15) is 0 Å². The molecule has 0 bridgehead atoms. The van der Waals surface area contributed by atoms with Crippen LogP contribution in [-0.2, 0) is 4.74 Å². The first-order valence-corrected chi connectivity index (χ1v) is 6.03. The third kappa shape index (κ3) is 3.30. The summed E-state index contributed by atoms with van der Waals surface area (Å²) < 4.78 is 4.67. The molecular formula is C15H12N2O4. The molecule has 6 nitrogen and oxygen atoms in total. The number of para-hydroxylation sites is 1. The summed E-state index contributed by atoms with van der Waals surface area (Å²) in [6.07, 6.45) is 1.35. The van der Waals surface area contributed by atoms with Crippen LogP contribution < -0.4 is 0 Å². The van der Waals surface area contributed by atoms with E-state index in [0.29, 0.717) is 16.8 Å². The van der Waals surface area contributed by atoms with Gasteiger partial charge < -0.3 is 9.84 Å². The van der Waals surface area contributed by atoms with Crippen LogP contribution in [0, 0.1) is 4.91 Å². The molecule has 0 amide bonds. The van der Waals surface area contributed by atoms with Gasteiger partial charge in [-0.15, -0.1) is 4.91 Å². The van der Waals surface area contributed by atoms with E-state index in [9.17, 15) is 14.8 Å². The average Bonchev–Trinajstić information content (AvgIpc) is 2.53. The molecule has 2 aromatic carbocycles. The Morgan fingerprint density at radius 2 is 2.00 bits per heavy atom. The standard InChI is InChI=1S/C15H12N2O4/c1-21-15(19)12-4-2-3-5-13(12)16-9-10-8-11(17-20)6-7-14(10)18/h2-9,18H,1H3. The van der Waals surface area contributed by atoms with Gasteiger partial charge in [-0.05, 0) is 35.5 Å². The van der Waals surface area contributed by atoms with E-state index in [1.54, 1.807) is 24.3 Å². The van der Waals surface area contributed by atoms with E-state index in [0.717, 1.165) is 0 Å². The van der Waals surface area contributed by atoms with Gasteiger partial charge in [0.15, 0.2) is 0 Å². The molecule has 0 saturated heterocycles. The number of aliphatic imine (C=N–C) groups is 1. The first kappa shape index (κ1) is 14.4. The Kier molecular flexibility index (Phi) is 4.40. The number of aromatic hydroxyl groups is 1. The Morgan fingerprint density at radius 1 is 1.24 bits per heavy atom. The Morgan fingerprint density at radius 3 is 2.71 bits per heavy atom. The van der Waals surface area contributed by atoms with E-state index in [1.165, 1.54) is 31.5 Å². The highest BCUT2D eigenvalue weighted by Gasteiger charge is 2.10. The number of carbonyl (C=O) groups excluding carboxylic acids is 1. The minimum atomic E-state index is -0.504. The molecule has 0 aliphatic rings. The molecule has 0 unspecified atom stereocenters. The number of nitrogens with zero attached hydrogens (tertiary/aromatic N) is 2. The maximum atomic E-state index is 11.6. The van der Waals surface area contributed by atoms with Gasteiger partial charge in [0.05, 0.1) is 18.4 Å².